The highest BCUT2D eigenvalue weighted by Gasteiger charge is 2.41. The molecular weight excluding hydrogens is 270 g/mol. The smallest absolute Gasteiger partial charge is 0.408 e. The molecule has 21 heavy (non-hydrogen) atoms. The first-order chi connectivity index (χ1) is 10.2. The van der Waals surface area contributed by atoms with Crippen molar-refractivity contribution in [3.8, 4) is 0 Å². The molecule has 3 rings (SSSR count). The van der Waals surface area contributed by atoms with Crippen LogP contribution in [-0.4, -0.2) is 24.7 Å². The van der Waals surface area contributed by atoms with Gasteiger partial charge in [0.1, 0.15) is 0 Å². The number of ether oxygens (including phenoxy) is 2. The Kier molecular flexibility index (Phi) is 3.48. The maximum Gasteiger partial charge on any atom is 0.408 e. The van der Waals surface area contributed by atoms with E-state index < -0.39 is 24.2 Å². The lowest BCUT2D eigenvalue weighted by Crippen LogP contribution is -2.37. The molecule has 2 atom stereocenters. The number of nitrogens with one attached hydrogen (secondary N) is 1. The van der Waals surface area contributed by atoms with E-state index in [1.165, 1.54) is 0 Å². The molecule has 0 bridgehead atoms. The zero-order valence-electron chi connectivity index (χ0n) is 11.5. The number of hydrogen-bond donors (Lipinski definition) is 1. The zero-order valence-corrected chi connectivity index (χ0v) is 11.5. The van der Waals surface area contributed by atoms with Gasteiger partial charge in [0.2, 0.25) is 0 Å². The Morgan fingerprint density at radius 2 is 2.00 bits per heavy atom. The van der Waals surface area contributed by atoms with Crippen molar-refractivity contribution < 1.29 is 19.1 Å². The fourth-order valence-electron chi connectivity index (χ4n) is 2.58. The summed E-state index contributed by atoms with van der Waals surface area (Å²) in [5.41, 5.74) is 0.796. The molecule has 1 aliphatic heterocycles. The van der Waals surface area contributed by atoms with Crippen molar-refractivity contribution in [1.29, 1.82) is 0 Å². The highest BCUT2D eigenvalue weighted by Crippen LogP contribution is 2.32. The van der Waals surface area contributed by atoms with Gasteiger partial charge in [-0.3, -0.25) is 0 Å². The van der Waals surface area contributed by atoms with E-state index in [1.54, 1.807) is 6.92 Å². The van der Waals surface area contributed by atoms with Gasteiger partial charge in [-0.1, -0.05) is 42.5 Å². The minimum Gasteiger partial charge on any atom is -0.464 e. The highest BCUT2D eigenvalue weighted by atomic mass is 16.6. The van der Waals surface area contributed by atoms with Gasteiger partial charge in [-0.2, -0.15) is 0 Å². The Hall–Kier alpha value is -2.56. The molecule has 0 aliphatic carbocycles. The van der Waals surface area contributed by atoms with Crippen LogP contribution in [0, 0.1) is 0 Å². The van der Waals surface area contributed by atoms with Gasteiger partial charge >= 0.3 is 12.1 Å². The fourth-order valence-corrected chi connectivity index (χ4v) is 2.58. The Morgan fingerprint density at radius 1 is 1.24 bits per heavy atom. The largest absolute Gasteiger partial charge is 0.464 e. The van der Waals surface area contributed by atoms with E-state index in [1.807, 2.05) is 42.5 Å². The molecule has 1 heterocycles. The molecule has 0 aromatic heterocycles. The lowest BCUT2D eigenvalue weighted by atomic mass is 9.96. The topological polar surface area (TPSA) is 64.6 Å². The predicted molar refractivity (Wildman–Crippen MR) is 76.7 cm³/mol. The number of rotatable bonds is 3. The van der Waals surface area contributed by atoms with E-state index in [9.17, 15) is 9.59 Å². The maximum absolute atomic E-state index is 12.0. The third kappa shape index (κ3) is 2.42. The van der Waals surface area contributed by atoms with E-state index in [2.05, 4.69) is 5.32 Å². The molecule has 5 nitrogen and oxygen atoms in total. The van der Waals surface area contributed by atoms with Crippen molar-refractivity contribution in [3.63, 3.8) is 0 Å². The number of benzene rings is 2. The number of amides is 1. The van der Waals surface area contributed by atoms with Crippen LogP contribution >= 0.6 is 0 Å². The van der Waals surface area contributed by atoms with Crippen molar-refractivity contribution in [2.75, 3.05) is 6.61 Å². The number of carbonyl (C=O) groups excluding carboxylic acids is 2. The molecule has 1 amide bonds. The molecule has 2 aromatic rings. The van der Waals surface area contributed by atoms with Crippen LogP contribution < -0.4 is 5.32 Å². The van der Waals surface area contributed by atoms with Crippen molar-refractivity contribution >= 4 is 22.8 Å². The van der Waals surface area contributed by atoms with Gasteiger partial charge in [0, 0.05) is 5.56 Å². The standard InChI is InChI=1S/C16H15NO4/c1-2-20-15(18)13-14(21-16(19)17-13)12-9-5-7-10-6-3-4-8-11(10)12/h3-9,13-14H,2H2,1H3,(H,17,19). The van der Waals surface area contributed by atoms with Gasteiger partial charge in [0.25, 0.3) is 0 Å². The maximum atomic E-state index is 12.0. The van der Waals surface area contributed by atoms with Crippen LogP contribution in [0.25, 0.3) is 10.8 Å². The molecule has 1 N–H and O–H groups in total. The van der Waals surface area contributed by atoms with E-state index in [4.69, 9.17) is 9.47 Å². The lowest BCUT2D eigenvalue weighted by Gasteiger charge is -2.17. The summed E-state index contributed by atoms with van der Waals surface area (Å²) in [6, 6.07) is 12.7. The summed E-state index contributed by atoms with van der Waals surface area (Å²) in [6.07, 6.45) is -1.28. The SMILES string of the molecule is CCOC(=O)C1NC(=O)OC1c1cccc2ccccc12. The summed E-state index contributed by atoms with van der Waals surface area (Å²) < 4.78 is 10.3. The van der Waals surface area contributed by atoms with Crippen LogP contribution in [0.4, 0.5) is 4.79 Å². The summed E-state index contributed by atoms with van der Waals surface area (Å²) in [7, 11) is 0. The van der Waals surface area contributed by atoms with E-state index >= 15 is 0 Å². The first kappa shape index (κ1) is 13.4. The average Bonchev–Trinajstić information content (AvgIpc) is 2.89. The molecule has 0 radical (unpaired) electrons. The number of alkyl carbamates (subject to hydrolysis) is 1. The molecule has 108 valence electrons. The number of esters is 1. The normalized spacial score (nSPS) is 20.9. The second kappa shape index (κ2) is 5.44. The Labute approximate surface area is 121 Å². The number of hydrogen-bond acceptors (Lipinski definition) is 4. The molecule has 2 unspecified atom stereocenters. The fraction of sp³-hybridized carbons (Fsp3) is 0.250. The van der Waals surface area contributed by atoms with Crippen LogP contribution in [-0.2, 0) is 14.3 Å². The van der Waals surface area contributed by atoms with Crippen molar-refractivity contribution in [3.05, 3.63) is 48.0 Å². The number of fused-ring (bicyclic) bond motifs is 1. The lowest BCUT2D eigenvalue weighted by molar-refractivity contribution is -0.146. The second-order valence-corrected chi connectivity index (χ2v) is 4.77. The van der Waals surface area contributed by atoms with E-state index in [0.29, 0.717) is 0 Å². The van der Waals surface area contributed by atoms with Crippen molar-refractivity contribution in [2.24, 2.45) is 0 Å². The minimum absolute atomic E-state index is 0.257. The average molecular weight is 285 g/mol. The third-order valence-corrected chi connectivity index (χ3v) is 3.48. The Morgan fingerprint density at radius 3 is 2.81 bits per heavy atom. The van der Waals surface area contributed by atoms with Crippen LogP contribution in [0.5, 0.6) is 0 Å². The summed E-state index contributed by atoms with van der Waals surface area (Å²) in [4.78, 5) is 23.5. The second-order valence-electron chi connectivity index (χ2n) is 4.77. The molecule has 0 spiro atoms. The highest BCUT2D eigenvalue weighted by molar-refractivity contribution is 5.90. The molecular formula is C16H15NO4. The van der Waals surface area contributed by atoms with Crippen LogP contribution in [0.2, 0.25) is 0 Å². The van der Waals surface area contributed by atoms with Crippen molar-refractivity contribution in [1.82, 2.24) is 5.32 Å². The minimum atomic E-state index is -0.816. The number of cyclic esters (lactones) is 1. The van der Waals surface area contributed by atoms with Gasteiger partial charge in [-0.25, -0.2) is 9.59 Å². The van der Waals surface area contributed by atoms with E-state index in [-0.39, 0.29) is 6.61 Å². The van der Waals surface area contributed by atoms with Gasteiger partial charge in [-0.15, -0.1) is 0 Å². The summed E-state index contributed by atoms with van der Waals surface area (Å²) in [6.45, 7) is 1.98. The summed E-state index contributed by atoms with van der Waals surface area (Å²) in [5.74, 6) is -0.485. The zero-order chi connectivity index (χ0) is 14.8. The van der Waals surface area contributed by atoms with Crippen LogP contribution in [0.15, 0.2) is 42.5 Å². The van der Waals surface area contributed by atoms with E-state index in [0.717, 1.165) is 16.3 Å². The van der Waals surface area contributed by atoms with Gasteiger partial charge in [0.15, 0.2) is 12.1 Å². The molecule has 1 saturated heterocycles. The summed E-state index contributed by atoms with van der Waals surface area (Å²) >= 11 is 0. The first-order valence-corrected chi connectivity index (χ1v) is 6.82. The predicted octanol–water partition coefficient (Wildman–Crippen LogP) is 2.55. The quantitative estimate of drug-likeness (QED) is 0.880. The monoisotopic (exact) mass is 285 g/mol. The van der Waals surface area contributed by atoms with Gasteiger partial charge in [0.05, 0.1) is 6.61 Å². The summed E-state index contributed by atoms with van der Waals surface area (Å²) in [5, 5.41) is 4.50. The van der Waals surface area contributed by atoms with Crippen LogP contribution in [0.1, 0.15) is 18.6 Å². The van der Waals surface area contributed by atoms with Gasteiger partial charge < -0.3 is 14.8 Å². The molecule has 2 aromatic carbocycles. The first-order valence-electron chi connectivity index (χ1n) is 6.82. The third-order valence-electron chi connectivity index (χ3n) is 3.48. The number of carbonyl (C=O) groups is 2. The van der Waals surface area contributed by atoms with Crippen LogP contribution in [0.3, 0.4) is 0 Å². The molecule has 1 aliphatic rings. The Balaban J connectivity index is 2.03. The molecule has 1 fully saturated rings. The Bertz CT molecular complexity index is 692. The van der Waals surface area contributed by atoms with Crippen molar-refractivity contribution in [2.45, 2.75) is 19.1 Å². The molecule has 0 saturated carbocycles. The van der Waals surface area contributed by atoms with Gasteiger partial charge in [-0.05, 0) is 17.7 Å². The molecule has 5 heteroatoms.